The number of aryl methyl sites for hydroxylation is 1. The molecule has 4 rings (SSSR count). The number of benzene rings is 2. The van der Waals surface area contributed by atoms with Crippen LogP contribution < -0.4 is 25.1 Å². The average Bonchev–Trinajstić information content (AvgIpc) is 2.97. The fourth-order valence-corrected chi connectivity index (χ4v) is 5.99. The molecular formula is C31H35F7N4O6. The number of carbonyl (C=O) groups excluding carboxylic acids is 1. The number of piperazine rings is 1. The molecule has 2 aromatic carbocycles. The minimum Gasteiger partial charge on any atom is -0.492 e. The normalized spacial score (nSPS) is 18.2. The monoisotopic (exact) mass is 692 g/mol. The van der Waals surface area contributed by atoms with E-state index in [1.807, 2.05) is 4.90 Å². The van der Waals surface area contributed by atoms with Crippen LogP contribution in [0.2, 0.25) is 0 Å². The van der Waals surface area contributed by atoms with E-state index in [2.05, 4.69) is 10.1 Å². The molecule has 3 atom stereocenters. The fourth-order valence-electron chi connectivity index (χ4n) is 5.99. The van der Waals surface area contributed by atoms with Crippen molar-refractivity contribution in [1.82, 2.24) is 14.8 Å². The second kappa shape index (κ2) is 14.2. The summed E-state index contributed by atoms with van der Waals surface area (Å²) in [6.07, 6.45) is -10.1. The van der Waals surface area contributed by atoms with Gasteiger partial charge in [-0.05, 0) is 50.1 Å². The first-order chi connectivity index (χ1) is 22.3. The van der Waals surface area contributed by atoms with E-state index in [1.54, 1.807) is 18.7 Å². The van der Waals surface area contributed by atoms with E-state index in [4.69, 9.17) is 4.74 Å². The number of aliphatic hydroxyl groups is 2. The Labute approximate surface area is 270 Å². The number of nitrogens with zero attached hydrogens (tertiary/aromatic N) is 3. The number of carbonyl (C=O) groups is 1. The zero-order valence-electron chi connectivity index (χ0n) is 26.4. The second-order valence-corrected chi connectivity index (χ2v) is 11.7. The Morgan fingerprint density at radius 3 is 2.29 bits per heavy atom. The van der Waals surface area contributed by atoms with Gasteiger partial charge in [0.2, 0.25) is 5.43 Å². The number of methoxy groups -OCH3 is 1. The van der Waals surface area contributed by atoms with Crippen LogP contribution >= 0.6 is 0 Å². The second-order valence-electron chi connectivity index (χ2n) is 11.7. The van der Waals surface area contributed by atoms with E-state index in [0.29, 0.717) is 21.9 Å². The first kappa shape index (κ1) is 36.7. The minimum absolute atomic E-state index is 0.136. The standard InChI is InChI=1S/C31H35F7N4O6/c1-16-7-21(48-31(36,37)38)6-5-19(16)9-39-29(46)23-13-41(15-30(33,34)35)25-22(27(23)45)8-24(32)26(28(25)47-4)40-10-17(2)42(18(3)11-40)12-20(44)14-43/h5-8,13,17-18,20,43-44H,9-12,14-15H2,1-4H3,(H,39,46)/t17-,18+,20-/m1/s1. The Morgan fingerprint density at radius 1 is 1.10 bits per heavy atom. The van der Waals surface area contributed by atoms with Crippen LogP contribution in [0.5, 0.6) is 11.5 Å². The van der Waals surface area contributed by atoms with Crippen molar-refractivity contribution in [1.29, 1.82) is 0 Å². The van der Waals surface area contributed by atoms with Gasteiger partial charge >= 0.3 is 12.5 Å². The number of β-amino-alcohol motifs (C(OH)–C–C–N with tert-alkyl or cyclic N) is 1. The fraction of sp³-hybridized carbons (Fsp3) is 0.484. The molecule has 10 nitrogen and oxygen atoms in total. The van der Waals surface area contributed by atoms with E-state index in [0.717, 1.165) is 25.3 Å². The Hall–Kier alpha value is -4.09. The molecule has 0 saturated carbocycles. The van der Waals surface area contributed by atoms with Crippen molar-refractivity contribution in [3.8, 4) is 11.5 Å². The number of pyridine rings is 1. The maximum absolute atomic E-state index is 15.9. The van der Waals surface area contributed by atoms with Crippen molar-refractivity contribution in [3.05, 3.63) is 63.2 Å². The molecule has 0 aliphatic carbocycles. The first-order valence-electron chi connectivity index (χ1n) is 14.8. The predicted octanol–water partition coefficient (Wildman–Crippen LogP) is 4.10. The molecule has 1 aliphatic heterocycles. The molecule has 3 aromatic rings. The van der Waals surface area contributed by atoms with Crippen molar-refractivity contribution in [3.63, 3.8) is 0 Å². The Bertz CT molecular complexity index is 1700. The summed E-state index contributed by atoms with van der Waals surface area (Å²) in [5.41, 5.74) is -1.75. The lowest BCUT2D eigenvalue weighted by Crippen LogP contribution is -2.58. The molecule has 264 valence electrons. The van der Waals surface area contributed by atoms with Crippen LogP contribution in [0.3, 0.4) is 0 Å². The van der Waals surface area contributed by atoms with Crippen LogP contribution in [0.1, 0.15) is 35.3 Å². The van der Waals surface area contributed by atoms with E-state index in [9.17, 15) is 46.1 Å². The third-order valence-corrected chi connectivity index (χ3v) is 8.08. The number of hydrogen-bond acceptors (Lipinski definition) is 8. The van der Waals surface area contributed by atoms with Gasteiger partial charge in [-0.3, -0.25) is 14.5 Å². The number of hydrogen-bond donors (Lipinski definition) is 3. The van der Waals surface area contributed by atoms with E-state index in [-0.39, 0.29) is 55.2 Å². The molecule has 1 fully saturated rings. The number of amides is 1. The number of anilines is 1. The summed E-state index contributed by atoms with van der Waals surface area (Å²) < 4.78 is 105. The Kier molecular flexibility index (Phi) is 10.9. The van der Waals surface area contributed by atoms with Crippen molar-refractivity contribution in [2.45, 2.75) is 64.6 Å². The summed E-state index contributed by atoms with van der Waals surface area (Å²) in [7, 11) is 1.12. The molecule has 1 aliphatic rings. The molecule has 0 unspecified atom stereocenters. The van der Waals surface area contributed by atoms with Crippen molar-refractivity contribution < 1.29 is 55.2 Å². The molecule has 3 N–H and O–H groups in total. The number of aliphatic hydroxyl groups excluding tert-OH is 2. The number of aromatic nitrogens is 1. The Morgan fingerprint density at radius 2 is 1.75 bits per heavy atom. The number of alkyl halides is 6. The molecule has 1 aromatic heterocycles. The largest absolute Gasteiger partial charge is 0.573 e. The van der Waals surface area contributed by atoms with Crippen LogP contribution in [0.4, 0.5) is 36.4 Å². The van der Waals surface area contributed by atoms with E-state index >= 15 is 4.39 Å². The topological polar surface area (TPSA) is 116 Å². The van der Waals surface area contributed by atoms with Crippen molar-refractivity contribution in [2.75, 3.05) is 38.3 Å². The number of ether oxygens (including phenoxy) is 2. The molecule has 48 heavy (non-hydrogen) atoms. The zero-order chi connectivity index (χ0) is 35.7. The van der Waals surface area contributed by atoms with Crippen molar-refractivity contribution >= 4 is 22.5 Å². The highest BCUT2D eigenvalue weighted by Crippen LogP contribution is 2.40. The van der Waals surface area contributed by atoms with E-state index in [1.165, 1.54) is 13.0 Å². The number of fused-ring (bicyclic) bond motifs is 1. The average molecular weight is 693 g/mol. The molecule has 17 heteroatoms. The molecular weight excluding hydrogens is 657 g/mol. The SMILES string of the molecule is COc1c(N2C[C@@H](C)N(C[C@@H](O)CO)[C@@H](C)C2)c(F)cc2c(=O)c(C(=O)NCc3ccc(OC(F)(F)F)cc3C)cn(CC(F)(F)F)c12. The third-order valence-electron chi connectivity index (χ3n) is 8.08. The molecule has 0 radical (unpaired) electrons. The van der Waals surface area contributed by atoms with Gasteiger partial charge in [0.05, 0.1) is 30.7 Å². The number of rotatable bonds is 10. The van der Waals surface area contributed by atoms with Gasteiger partial charge in [0.15, 0.2) is 11.6 Å². The maximum Gasteiger partial charge on any atom is 0.573 e. The highest BCUT2D eigenvalue weighted by atomic mass is 19.4. The molecule has 2 heterocycles. The van der Waals surface area contributed by atoms with Crippen LogP contribution in [-0.4, -0.2) is 89.7 Å². The predicted molar refractivity (Wildman–Crippen MR) is 161 cm³/mol. The molecule has 0 spiro atoms. The molecule has 0 bridgehead atoms. The van der Waals surface area contributed by atoms with Gasteiger partial charge < -0.3 is 34.5 Å². The van der Waals surface area contributed by atoms with Gasteiger partial charge in [-0.15, -0.1) is 13.2 Å². The molecule has 1 amide bonds. The molecule has 1 saturated heterocycles. The quantitative estimate of drug-likeness (QED) is 0.272. The van der Waals surface area contributed by atoms with Crippen LogP contribution in [0.25, 0.3) is 10.9 Å². The number of nitrogens with one attached hydrogen (secondary N) is 1. The van der Waals surface area contributed by atoms with Crippen LogP contribution in [0, 0.1) is 12.7 Å². The maximum atomic E-state index is 15.9. The number of halogens is 7. The summed E-state index contributed by atoms with van der Waals surface area (Å²) >= 11 is 0. The van der Waals surface area contributed by atoms with Gasteiger partial charge in [0.25, 0.3) is 5.91 Å². The lowest BCUT2D eigenvalue weighted by Gasteiger charge is -2.46. The highest BCUT2D eigenvalue weighted by Gasteiger charge is 2.36. The summed E-state index contributed by atoms with van der Waals surface area (Å²) in [6, 6.07) is 3.51. The summed E-state index contributed by atoms with van der Waals surface area (Å²) in [4.78, 5) is 30.2. The van der Waals surface area contributed by atoms with Gasteiger partial charge in [-0.1, -0.05) is 6.07 Å². The lowest BCUT2D eigenvalue weighted by atomic mass is 10.0. The lowest BCUT2D eigenvalue weighted by molar-refractivity contribution is -0.274. The van der Waals surface area contributed by atoms with Gasteiger partial charge in [-0.25, -0.2) is 4.39 Å². The van der Waals surface area contributed by atoms with Crippen LogP contribution in [0.15, 0.2) is 35.3 Å². The van der Waals surface area contributed by atoms with E-state index < -0.39 is 65.6 Å². The van der Waals surface area contributed by atoms with Gasteiger partial charge in [-0.2, -0.15) is 13.2 Å². The van der Waals surface area contributed by atoms with Crippen molar-refractivity contribution in [2.24, 2.45) is 0 Å². The van der Waals surface area contributed by atoms with Crippen LogP contribution in [-0.2, 0) is 13.1 Å². The smallest absolute Gasteiger partial charge is 0.492 e. The van der Waals surface area contributed by atoms with Gasteiger partial charge in [0.1, 0.15) is 23.5 Å². The third kappa shape index (κ3) is 8.30. The summed E-state index contributed by atoms with van der Waals surface area (Å²) in [5.74, 6) is -2.92. The summed E-state index contributed by atoms with van der Waals surface area (Å²) in [5, 5.41) is 21.1. The first-order valence-corrected chi connectivity index (χ1v) is 14.8. The zero-order valence-corrected chi connectivity index (χ0v) is 26.4. The minimum atomic E-state index is -4.92. The summed E-state index contributed by atoms with van der Waals surface area (Å²) in [6.45, 7) is 3.08. The highest BCUT2D eigenvalue weighted by molar-refractivity contribution is 5.99. The van der Waals surface area contributed by atoms with Gasteiger partial charge in [0, 0.05) is 44.5 Å². The Balaban J connectivity index is 1.74.